The lowest BCUT2D eigenvalue weighted by Gasteiger charge is -2.11. The summed E-state index contributed by atoms with van der Waals surface area (Å²) in [6.07, 6.45) is -4.43. The van der Waals surface area contributed by atoms with Gasteiger partial charge in [0.1, 0.15) is 6.61 Å². The van der Waals surface area contributed by atoms with Crippen molar-refractivity contribution in [3.05, 3.63) is 75.2 Å². The number of halogens is 3. The van der Waals surface area contributed by atoms with Gasteiger partial charge < -0.3 is 4.84 Å². The van der Waals surface area contributed by atoms with Crippen molar-refractivity contribution in [1.82, 2.24) is 19.8 Å². The highest BCUT2D eigenvalue weighted by Crippen LogP contribution is 2.29. The Kier molecular flexibility index (Phi) is 5.53. The van der Waals surface area contributed by atoms with E-state index in [2.05, 4.69) is 15.6 Å². The first kappa shape index (κ1) is 20.3. The van der Waals surface area contributed by atoms with Crippen molar-refractivity contribution >= 4 is 5.71 Å². The molecule has 0 saturated carbocycles. The van der Waals surface area contributed by atoms with Gasteiger partial charge in [-0.15, -0.1) is 0 Å². The molecule has 0 aliphatic rings. The highest BCUT2D eigenvalue weighted by molar-refractivity contribution is 5.98. The molecule has 29 heavy (non-hydrogen) atoms. The van der Waals surface area contributed by atoms with Crippen molar-refractivity contribution in [3.8, 4) is 5.69 Å². The van der Waals surface area contributed by atoms with E-state index in [0.717, 1.165) is 27.1 Å². The maximum atomic E-state index is 12.9. The molecule has 1 heterocycles. The van der Waals surface area contributed by atoms with Gasteiger partial charge >= 0.3 is 11.9 Å². The molecule has 0 amide bonds. The molecule has 3 rings (SSSR count). The molecule has 0 atom stereocenters. The lowest BCUT2D eigenvalue weighted by molar-refractivity contribution is -0.137. The molecule has 2 aromatic carbocycles. The highest BCUT2D eigenvalue weighted by atomic mass is 19.4. The van der Waals surface area contributed by atoms with Crippen molar-refractivity contribution in [2.24, 2.45) is 12.2 Å². The molecule has 0 aliphatic carbocycles. The Bertz CT molecular complexity index is 1120. The summed E-state index contributed by atoms with van der Waals surface area (Å²) < 4.78 is 40.9. The third-order valence-corrected chi connectivity index (χ3v) is 4.28. The van der Waals surface area contributed by atoms with E-state index >= 15 is 0 Å². The van der Waals surface area contributed by atoms with Crippen LogP contribution in [0.5, 0.6) is 0 Å². The standard InChI is InChI=1S/C19H18F3N5O2/c1-12-6-4-8-15(17(12)27-18(28)26(3)24-25-27)11-29-23-13(2)14-7-5-9-16(10-14)19(20,21)22/h4-10H,11H2,1-3H3. The second-order valence-electron chi connectivity index (χ2n) is 6.41. The molecule has 0 saturated heterocycles. The third kappa shape index (κ3) is 4.36. The van der Waals surface area contributed by atoms with E-state index in [4.69, 9.17) is 4.84 Å². The molecule has 0 bridgehead atoms. The molecule has 0 aliphatic heterocycles. The minimum Gasteiger partial charge on any atom is -0.391 e. The Morgan fingerprint density at radius 2 is 1.90 bits per heavy atom. The van der Waals surface area contributed by atoms with Gasteiger partial charge in [-0.3, -0.25) is 0 Å². The quantitative estimate of drug-likeness (QED) is 0.483. The van der Waals surface area contributed by atoms with E-state index in [1.54, 1.807) is 19.1 Å². The number of hydrogen-bond donors (Lipinski definition) is 0. The molecular formula is C19H18F3N5O2. The lowest BCUT2D eigenvalue weighted by atomic mass is 10.1. The van der Waals surface area contributed by atoms with E-state index in [9.17, 15) is 18.0 Å². The zero-order valence-electron chi connectivity index (χ0n) is 15.9. The molecule has 0 spiro atoms. The molecule has 0 N–H and O–H groups in total. The second kappa shape index (κ2) is 7.90. The molecule has 0 fully saturated rings. The van der Waals surface area contributed by atoms with Gasteiger partial charge in [0.25, 0.3) is 0 Å². The minimum absolute atomic E-state index is 0.00364. The van der Waals surface area contributed by atoms with Crippen LogP contribution in [-0.4, -0.2) is 25.5 Å². The van der Waals surface area contributed by atoms with Crippen LogP contribution in [0.25, 0.3) is 5.69 Å². The number of alkyl halides is 3. The van der Waals surface area contributed by atoms with Crippen molar-refractivity contribution < 1.29 is 18.0 Å². The van der Waals surface area contributed by atoms with Crippen LogP contribution in [0.4, 0.5) is 13.2 Å². The normalized spacial score (nSPS) is 12.3. The summed E-state index contributed by atoms with van der Waals surface area (Å²) in [4.78, 5) is 17.6. The number of aryl methyl sites for hydroxylation is 2. The third-order valence-electron chi connectivity index (χ3n) is 4.28. The summed E-state index contributed by atoms with van der Waals surface area (Å²) in [6.45, 7) is 3.37. The highest BCUT2D eigenvalue weighted by Gasteiger charge is 2.30. The summed E-state index contributed by atoms with van der Waals surface area (Å²) in [5.41, 5.74) is 1.37. The van der Waals surface area contributed by atoms with Gasteiger partial charge in [-0.2, -0.15) is 22.5 Å². The van der Waals surface area contributed by atoms with E-state index in [-0.39, 0.29) is 6.61 Å². The summed E-state index contributed by atoms with van der Waals surface area (Å²) in [6, 6.07) is 10.2. The number of para-hydroxylation sites is 1. The zero-order chi connectivity index (χ0) is 21.2. The molecule has 10 heteroatoms. The average Bonchev–Trinajstić information content (AvgIpc) is 3.00. The summed E-state index contributed by atoms with van der Waals surface area (Å²) in [5.74, 6) is 0. The van der Waals surface area contributed by atoms with Gasteiger partial charge in [-0.1, -0.05) is 35.5 Å². The van der Waals surface area contributed by atoms with Crippen LogP contribution < -0.4 is 5.69 Å². The summed E-state index contributed by atoms with van der Waals surface area (Å²) >= 11 is 0. The largest absolute Gasteiger partial charge is 0.416 e. The Morgan fingerprint density at radius 1 is 1.17 bits per heavy atom. The number of nitrogens with zero attached hydrogens (tertiary/aromatic N) is 5. The first-order valence-electron chi connectivity index (χ1n) is 8.60. The van der Waals surface area contributed by atoms with Crippen molar-refractivity contribution in [1.29, 1.82) is 0 Å². The maximum absolute atomic E-state index is 12.9. The molecule has 0 radical (unpaired) electrons. The van der Waals surface area contributed by atoms with Crippen LogP contribution in [0.15, 0.2) is 52.4 Å². The molecule has 152 valence electrons. The second-order valence-corrected chi connectivity index (χ2v) is 6.41. The SMILES string of the molecule is CC(=NOCc1cccc(C)c1-n1nnn(C)c1=O)c1cccc(C(F)(F)F)c1. The van der Waals surface area contributed by atoms with Gasteiger partial charge in [0.05, 0.1) is 17.0 Å². The first-order valence-corrected chi connectivity index (χ1v) is 8.60. The Hall–Kier alpha value is -3.43. The topological polar surface area (TPSA) is 74.3 Å². The van der Waals surface area contributed by atoms with Crippen molar-refractivity contribution in [2.45, 2.75) is 26.6 Å². The minimum atomic E-state index is -4.43. The van der Waals surface area contributed by atoms with E-state index in [1.807, 2.05) is 13.0 Å². The molecule has 0 unspecified atom stereocenters. The van der Waals surface area contributed by atoms with Crippen LogP contribution in [0.1, 0.15) is 29.2 Å². The average molecular weight is 405 g/mol. The Labute approximate surface area is 164 Å². The number of oxime groups is 1. The molecule has 1 aromatic heterocycles. The molecule has 7 nitrogen and oxygen atoms in total. The summed E-state index contributed by atoms with van der Waals surface area (Å²) in [5, 5.41) is 11.5. The van der Waals surface area contributed by atoms with Gasteiger partial charge in [-0.25, -0.2) is 4.79 Å². The smallest absolute Gasteiger partial charge is 0.391 e. The van der Waals surface area contributed by atoms with Crippen LogP contribution in [0.3, 0.4) is 0 Å². The number of tetrazole rings is 1. The van der Waals surface area contributed by atoms with Gasteiger partial charge in [-0.05, 0) is 47.5 Å². The van der Waals surface area contributed by atoms with Crippen molar-refractivity contribution in [2.75, 3.05) is 0 Å². The summed E-state index contributed by atoms with van der Waals surface area (Å²) in [7, 11) is 1.49. The monoisotopic (exact) mass is 405 g/mol. The number of aromatic nitrogens is 4. The van der Waals surface area contributed by atoms with Crippen molar-refractivity contribution in [3.63, 3.8) is 0 Å². The first-order chi connectivity index (χ1) is 13.7. The molecular weight excluding hydrogens is 387 g/mol. The van der Waals surface area contributed by atoms with E-state index < -0.39 is 17.4 Å². The van der Waals surface area contributed by atoms with E-state index in [0.29, 0.717) is 22.5 Å². The van der Waals surface area contributed by atoms with Gasteiger partial charge in [0.15, 0.2) is 0 Å². The Morgan fingerprint density at radius 3 is 2.55 bits per heavy atom. The number of rotatable bonds is 5. The maximum Gasteiger partial charge on any atom is 0.416 e. The fourth-order valence-electron chi connectivity index (χ4n) is 2.77. The van der Waals surface area contributed by atoms with E-state index in [1.165, 1.54) is 19.2 Å². The van der Waals surface area contributed by atoms with Gasteiger partial charge in [0.2, 0.25) is 0 Å². The predicted molar refractivity (Wildman–Crippen MR) is 99.8 cm³/mol. The van der Waals surface area contributed by atoms with Crippen LogP contribution in [0.2, 0.25) is 0 Å². The number of hydrogen-bond acceptors (Lipinski definition) is 5. The molecule has 3 aromatic rings. The zero-order valence-corrected chi connectivity index (χ0v) is 15.9. The lowest BCUT2D eigenvalue weighted by Crippen LogP contribution is -2.23. The fraction of sp³-hybridized carbons (Fsp3) is 0.263. The Balaban J connectivity index is 1.83. The predicted octanol–water partition coefficient (Wildman–Crippen LogP) is 3.23. The van der Waals surface area contributed by atoms with Crippen LogP contribution >= 0.6 is 0 Å². The fourth-order valence-corrected chi connectivity index (χ4v) is 2.77. The van der Waals surface area contributed by atoms with Crippen LogP contribution in [-0.2, 0) is 24.7 Å². The van der Waals surface area contributed by atoms with Gasteiger partial charge in [0, 0.05) is 12.6 Å². The van der Waals surface area contributed by atoms with Crippen LogP contribution in [0, 0.1) is 6.92 Å². The number of benzene rings is 2.